The smallest absolute Gasteiger partial charge is 0.131 e. The molecule has 0 fully saturated rings. The zero-order valence-electron chi connectivity index (χ0n) is 7.10. The minimum Gasteiger partial charge on any atom is -0.324 e. The third-order valence-corrected chi connectivity index (χ3v) is 2.56. The van der Waals surface area contributed by atoms with E-state index in [-0.39, 0.29) is 11.9 Å². The Morgan fingerprint density at radius 3 is 3.00 bits per heavy atom. The highest BCUT2D eigenvalue weighted by atomic mass is 19.1. The third-order valence-electron chi connectivity index (χ3n) is 2.56. The molecule has 1 aliphatic rings. The molecule has 0 heterocycles. The SMILES string of the molecule is Cc1ccc2c(c1F)[C@H](N)CC2. The lowest BCUT2D eigenvalue weighted by atomic mass is 10.0. The van der Waals surface area contributed by atoms with Crippen molar-refractivity contribution >= 4 is 0 Å². The molecular weight excluding hydrogens is 153 g/mol. The van der Waals surface area contributed by atoms with Gasteiger partial charge in [-0.2, -0.15) is 0 Å². The number of aryl methyl sites for hydroxylation is 2. The molecule has 0 saturated heterocycles. The molecular formula is C10H12FN. The second kappa shape index (κ2) is 2.56. The molecule has 64 valence electrons. The highest BCUT2D eigenvalue weighted by Gasteiger charge is 2.23. The Kier molecular flexibility index (Phi) is 1.65. The number of nitrogens with two attached hydrogens (primary N) is 1. The number of hydrogen-bond donors (Lipinski definition) is 1. The van der Waals surface area contributed by atoms with E-state index in [4.69, 9.17) is 5.73 Å². The number of fused-ring (bicyclic) bond motifs is 1. The first-order valence-electron chi connectivity index (χ1n) is 4.23. The first-order chi connectivity index (χ1) is 5.70. The molecule has 1 aromatic rings. The van der Waals surface area contributed by atoms with Gasteiger partial charge < -0.3 is 5.73 Å². The second-order valence-corrected chi connectivity index (χ2v) is 3.41. The van der Waals surface area contributed by atoms with Crippen molar-refractivity contribution in [3.63, 3.8) is 0 Å². The zero-order valence-corrected chi connectivity index (χ0v) is 7.10. The Bertz CT molecular complexity index is 320. The summed E-state index contributed by atoms with van der Waals surface area (Å²) in [6.45, 7) is 1.78. The molecule has 2 N–H and O–H groups in total. The van der Waals surface area contributed by atoms with E-state index in [9.17, 15) is 4.39 Å². The highest BCUT2D eigenvalue weighted by molar-refractivity contribution is 5.38. The fraction of sp³-hybridized carbons (Fsp3) is 0.400. The van der Waals surface area contributed by atoms with Gasteiger partial charge in [0.1, 0.15) is 5.82 Å². The largest absolute Gasteiger partial charge is 0.324 e. The van der Waals surface area contributed by atoms with Crippen LogP contribution < -0.4 is 5.73 Å². The molecule has 1 nitrogen and oxygen atoms in total. The summed E-state index contributed by atoms with van der Waals surface area (Å²) in [5, 5.41) is 0. The van der Waals surface area contributed by atoms with Gasteiger partial charge in [-0.3, -0.25) is 0 Å². The Hall–Kier alpha value is -0.890. The van der Waals surface area contributed by atoms with Crippen LogP contribution in [0.4, 0.5) is 4.39 Å². The van der Waals surface area contributed by atoms with Crippen LogP contribution in [0, 0.1) is 12.7 Å². The van der Waals surface area contributed by atoms with E-state index in [0.29, 0.717) is 5.56 Å². The van der Waals surface area contributed by atoms with Gasteiger partial charge in [0.15, 0.2) is 0 Å². The van der Waals surface area contributed by atoms with Crippen molar-refractivity contribution in [2.45, 2.75) is 25.8 Å². The van der Waals surface area contributed by atoms with Crippen LogP contribution in [0.5, 0.6) is 0 Å². The maximum absolute atomic E-state index is 13.5. The fourth-order valence-corrected chi connectivity index (χ4v) is 1.82. The van der Waals surface area contributed by atoms with E-state index in [0.717, 1.165) is 24.0 Å². The van der Waals surface area contributed by atoms with Crippen LogP contribution in [-0.4, -0.2) is 0 Å². The van der Waals surface area contributed by atoms with Crippen LogP contribution in [0.3, 0.4) is 0 Å². The predicted molar refractivity (Wildman–Crippen MR) is 46.4 cm³/mol. The molecule has 0 spiro atoms. The summed E-state index contributed by atoms with van der Waals surface area (Å²) in [4.78, 5) is 0. The lowest BCUT2D eigenvalue weighted by molar-refractivity contribution is 0.581. The molecule has 2 heteroatoms. The maximum atomic E-state index is 13.5. The van der Waals surface area contributed by atoms with E-state index < -0.39 is 0 Å². The molecule has 0 radical (unpaired) electrons. The summed E-state index contributed by atoms with van der Waals surface area (Å²) in [6.07, 6.45) is 1.81. The van der Waals surface area contributed by atoms with Crippen molar-refractivity contribution in [1.82, 2.24) is 0 Å². The van der Waals surface area contributed by atoms with Gasteiger partial charge in [-0.25, -0.2) is 4.39 Å². The molecule has 0 amide bonds. The van der Waals surface area contributed by atoms with Crippen LogP contribution in [0.1, 0.15) is 29.2 Å². The normalized spacial score (nSPS) is 21.1. The van der Waals surface area contributed by atoms with Crippen molar-refractivity contribution in [1.29, 1.82) is 0 Å². The molecule has 2 rings (SSSR count). The topological polar surface area (TPSA) is 26.0 Å². The maximum Gasteiger partial charge on any atom is 0.131 e. The average molecular weight is 165 g/mol. The Morgan fingerprint density at radius 2 is 2.25 bits per heavy atom. The lowest BCUT2D eigenvalue weighted by Crippen LogP contribution is -2.08. The van der Waals surface area contributed by atoms with Gasteiger partial charge in [0, 0.05) is 11.6 Å². The summed E-state index contributed by atoms with van der Waals surface area (Å²) in [7, 11) is 0. The summed E-state index contributed by atoms with van der Waals surface area (Å²) in [5.41, 5.74) is 8.31. The molecule has 0 saturated carbocycles. The molecule has 0 aromatic heterocycles. The average Bonchev–Trinajstić information content (AvgIpc) is 2.41. The van der Waals surface area contributed by atoms with E-state index in [1.807, 2.05) is 12.1 Å². The van der Waals surface area contributed by atoms with Gasteiger partial charge in [0.2, 0.25) is 0 Å². The van der Waals surface area contributed by atoms with Gasteiger partial charge in [-0.15, -0.1) is 0 Å². The number of benzene rings is 1. The fourth-order valence-electron chi connectivity index (χ4n) is 1.82. The van der Waals surface area contributed by atoms with Crippen LogP contribution in [-0.2, 0) is 6.42 Å². The zero-order chi connectivity index (χ0) is 8.72. The highest BCUT2D eigenvalue weighted by Crippen LogP contribution is 2.32. The van der Waals surface area contributed by atoms with E-state index in [1.54, 1.807) is 6.92 Å². The minimum absolute atomic E-state index is 0.0834. The summed E-state index contributed by atoms with van der Waals surface area (Å²) >= 11 is 0. The predicted octanol–water partition coefficient (Wildman–Crippen LogP) is 2.08. The molecule has 12 heavy (non-hydrogen) atoms. The molecule has 1 atom stereocenters. The number of rotatable bonds is 0. The van der Waals surface area contributed by atoms with Gasteiger partial charge >= 0.3 is 0 Å². The Labute approximate surface area is 71.4 Å². The molecule has 1 aromatic carbocycles. The Morgan fingerprint density at radius 1 is 1.50 bits per heavy atom. The van der Waals surface area contributed by atoms with Crippen LogP contribution in [0.15, 0.2) is 12.1 Å². The monoisotopic (exact) mass is 165 g/mol. The van der Waals surface area contributed by atoms with Gasteiger partial charge in [-0.05, 0) is 30.9 Å². The molecule has 1 aliphatic carbocycles. The summed E-state index contributed by atoms with van der Waals surface area (Å²) < 4.78 is 13.5. The third kappa shape index (κ3) is 0.950. The second-order valence-electron chi connectivity index (χ2n) is 3.41. The van der Waals surface area contributed by atoms with Crippen molar-refractivity contribution in [3.05, 3.63) is 34.6 Å². The first kappa shape index (κ1) is 7.74. The van der Waals surface area contributed by atoms with Crippen LogP contribution in [0.25, 0.3) is 0 Å². The number of halogens is 1. The van der Waals surface area contributed by atoms with Crippen molar-refractivity contribution in [3.8, 4) is 0 Å². The van der Waals surface area contributed by atoms with E-state index in [2.05, 4.69) is 0 Å². The van der Waals surface area contributed by atoms with E-state index in [1.165, 1.54) is 0 Å². The van der Waals surface area contributed by atoms with Gasteiger partial charge in [-0.1, -0.05) is 12.1 Å². The summed E-state index contributed by atoms with van der Waals surface area (Å²) in [6, 6.07) is 3.73. The minimum atomic E-state index is -0.0995. The Balaban J connectivity index is 2.63. The van der Waals surface area contributed by atoms with Crippen LogP contribution >= 0.6 is 0 Å². The van der Waals surface area contributed by atoms with Crippen molar-refractivity contribution < 1.29 is 4.39 Å². The van der Waals surface area contributed by atoms with Gasteiger partial charge in [0.05, 0.1) is 0 Å². The van der Waals surface area contributed by atoms with Crippen molar-refractivity contribution in [2.75, 3.05) is 0 Å². The van der Waals surface area contributed by atoms with Crippen molar-refractivity contribution in [2.24, 2.45) is 5.73 Å². The molecule has 0 unspecified atom stereocenters. The van der Waals surface area contributed by atoms with Gasteiger partial charge in [0.25, 0.3) is 0 Å². The standard InChI is InChI=1S/C10H12FN/c1-6-2-3-7-4-5-8(12)9(7)10(6)11/h2-3,8H,4-5,12H2,1H3/t8-/m1/s1. The quantitative estimate of drug-likeness (QED) is 0.625. The molecule has 0 bridgehead atoms. The van der Waals surface area contributed by atoms with E-state index >= 15 is 0 Å². The summed E-state index contributed by atoms with van der Waals surface area (Å²) in [5.74, 6) is -0.0995. The van der Waals surface area contributed by atoms with Crippen LogP contribution in [0.2, 0.25) is 0 Å². The number of hydrogen-bond acceptors (Lipinski definition) is 1. The lowest BCUT2D eigenvalue weighted by Gasteiger charge is -2.07. The molecule has 0 aliphatic heterocycles. The first-order valence-corrected chi connectivity index (χ1v) is 4.23.